The molecule has 0 fully saturated rings. The molecule has 1 heterocycles. The van der Waals surface area contributed by atoms with E-state index in [1.165, 1.54) is 10.8 Å². The van der Waals surface area contributed by atoms with Crippen LogP contribution in [0.5, 0.6) is 0 Å². The van der Waals surface area contributed by atoms with Crippen LogP contribution in [0.25, 0.3) is 76.9 Å². The highest BCUT2D eigenvalue weighted by Gasteiger charge is 2.22. The van der Waals surface area contributed by atoms with E-state index in [1.54, 1.807) is 0 Å². The first-order chi connectivity index (χ1) is 27.4. The Morgan fingerprint density at radius 2 is 1.08 bits per heavy atom. The first-order valence-electron chi connectivity index (χ1n) is 19.4. The molecule has 10 rings (SSSR count). The van der Waals surface area contributed by atoms with Gasteiger partial charge in [0.15, 0.2) is 0 Å². The molecule has 0 N–H and O–H groups in total. The summed E-state index contributed by atoms with van der Waals surface area (Å²) in [5, 5.41) is 6.25. The highest BCUT2D eigenvalue weighted by Crippen LogP contribution is 2.47. The molecule has 0 atom stereocenters. The van der Waals surface area contributed by atoms with Gasteiger partial charge >= 0.3 is 0 Å². The maximum absolute atomic E-state index is 9.47. The monoisotopic (exact) mass is 667 g/mol. The summed E-state index contributed by atoms with van der Waals surface area (Å²) >= 11 is 0. The van der Waals surface area contributed by atoms with E-state index in [0.29, 0.717) is 22.4 Å². The summed E-state index contributed by atoms with van der Waals surface area (Å²) in [5.41, 5.74) is 8.75. The predicted molar refractivity (Wildman–Crippen MR) is 220 cm³/mol. The van der Waals surface area contributed by atoms with Crippen molar-refractivity contribution >= 4 is 60.5 Å². The molecular weight excluding hydrogens is 631 g/mol. The molecule has 0 radical (unpaired) electrons. The van der Waals surface area contributed by atoms with Crippen molar-refractivity contribution in [3.05, 3.63) is 200 Å². The molecule has 0 bridgehead atoms. The second kappa shape index (κ2) is 12.5. The van der Waals surface area contributed by atoms with Gasteiger partial charge in [0.25, 0.3) is 0 Å². The Labute approximate surface area is 308 Å². The third kappa shape index (κ3) is 5.12. The topological polar surface area (TPSA) is 16.4 Å². The van der Waals surface area contributed by atoms with E-state index in [1.807, 2.05) is 77.7 Å². The zero-order valence-corrected chi connectivity index (χ0v) is 28.1. The van der Waals surface area contributed by atoms with Crippen molar-refractivity contribution < 1.29 is 9.90 Å². The lowest BCUT2D eigenvalue weighted by Gasteiger charge is -2.28. The maximum Gasteiger partial charge on any atom is 0.143 e. The SMILES string of the molecule is [2H]c1c([2H])c([2H])c(N(c2ccc(-c3cccc(-c4ccc5ccccc5c4)c3)cc2)c2cccc3oc4c5ccccc5ccc4c23)c(-c2ccccc2)c1[2H]. The first-order valence-corrected chi connectivity index (χ1v) is 17.4. The summed E-state index contributed by atoms with van der Waals surface area (Å²) < 4.78 is 42.9. The summed E-state index contributed by atoms with van der Waals surface area (Å²) in [4.78, 5) is 1.97. The van der Waals surface area contributed by atoms with Crippen LogP contribution in [0.1, 0.15) is 5.48 Å². The number of hydrogen-bond acceptors (Lipinski definition) is 2. The van der Waals surface area contributed by atoms with Gasteiger partial charge in [0.1, 0.15) is 11.2 Å². The van der Waals surface area contributed by atoms with E-state index >= 15 is 0 Å². The average Bonchev–Trinajstić information content (AvgIpc) is 3.65. The number of hydrogen-bond donors (Lipinski definition) is 0. The molecule has 1 aromatic heterocycles. The standard InChI is InChI=1S/C50H33NO/c1-2-13-36(14-3-1)43-19-8-9-21-46(43)51(47-22-11-23-48-49(47)45-31-28-37-15-6-7-20-44(37)50(45)52-48)42-29-26-35(27-30-42)39-17-10-18-40(32-39)41-25-24-34-12-4-5-16-38(34)33-41/h1-33H/i8D,9D,19D,21D. The molecule has 0 unspecified atom stereocenters. The number of para-hydroxylation sites is 1. The minimum absolute atomic E-state index is 0.102. The van der Waals surface area contributed by atoms with Gasteiger partial charge in [-0.25, -0.2) is 0 Å². The van der Waals surface area contributed by atoms with Crippen LogP contribution in [0.3, 0.4) is 0 Å². The zero-order valence-electron chi connectivity index (χ0n) is 32.1. The molecule has 0 aliphatic carbocycles. The Balaban J connectivity index is 1.19. The molecule has 0 aliphatic rings. The fraction of sp³-hybridized carbons (Fsp3) is 0. The highest BCUT2D eigenvalue weighted by atomic mass is 16.3. The van der Waals surface area contributed by atoms with E-state index in [4.69, 9.17) is 7.16 Å². The van der Waals surface area contributed by atoms with Crippen molar-refractivity contribution in [2.45, 2.75) is 0 Å². The Hall–Kier alpha value is -6.90. The molecule has 10 aromatic rings. The van der Waals surface area contributed by atoms with Gasteiger partial charge in [0, 0.05) is 22.0 Å². The fourth-order valence-corrected chi connectivity index (χ4v) is 7.45. The zero-order chi connectivity index (χ0) is 37.9. The molecule has 9 aromatic carbocycles. The molecule has 0 amide bonds. The van der Waals surface area contributed by atoms with Gasteiger partial charge in [-0.05, 0) is 92.5 Å². The van der Waals surface area contributed by atoms with E-state index in [2.05, 4.69) is 103 Å². The quantitative estimate of drug-likeness (QED) is 0.175. The maximum atomic E-state index is 9.47. The highest BCUT2D eigenvalue weighted by molar-refractivity contribution is 6.19. The van der Waals surface area contributed by atoms with Crippen LogP contribution in [-0.4, -0.2) is 0 Å². The molecule has 0 spiro atoms. The van der Waals surface area contributed by atoms with Gasteiger partial charge < -0.3 is 9.32 Å². The second-order valence-electron chi connectivity index (χ2n) is 13.0. The Morgan fingerprint density at radius 3 is 1.94 bits per heavy atom. The molecule has 244 valence electrons. The van der Waals surface area contributed by atoms with Crippen molar-refractivity contribution in [3.63, 3.8) is 0 Å². The van der Waals surface area contributed by atoms with Crippen LogP contribution in [-0.2, 0) is 0 Å². The van der Waals surface area contributed by atoms with Crippen molar-refractivity contribution in [1.82, 2.24) is 0 Å². The summed E-state index contributed by atoms with van der Waals surface area (Å²) in [6.07, 6.45) is 0. The van der Waals surface area contributed by atoms with Crippen LogP contribution in [0.2, 0.25) is 0 Å². The largest absolute Gasteiger partial charge is 0.455 e. The van der Waals surface area contributed by atoms with Gasteiger partial charge in [-0.15, -0.1) is 0 Å². The lowest BCUT2D eigenvalue weighted by Crippen LogP contribution is -2.11. The van der Waals surface area contributed by atoms with Crippen LogP contribution in [0.4, 0.5) is 17.1 Å². The van der Waals surface area contributed by atoms with E-state index in [0.717, 1.165) is 60.8 Å². The van der Waals surface area contributed by atoms with Gasteiger partial charge in [0.2, 0.25) is 0 Å². The van der Waals surface area contributed by atoms with Crippen LogP contribution < -0.4 is 4.90 Å². The van der Waals surface area contributed by atoms with Gasteiger partial charge in [-0.3, -0.25) is 0 Å². The number of rotatable bonds is 6. The lowest BCUT2D eigenvalue weighted by atomic mass is 9.97. The van der Waals surface area contributed by atoms with Crippen molar-refractivity contribution in [2.24, 2.45) is 0 Å². The minimum Gasteiger partial charge on any atom is -0.455 e. The predicted octanol–water partition coefficient (Wildman–Crippen LogP) is 14.4. The average molecular weight is 668 g/mol. The smallest absolute Gasteiger partial charge is 0.143 e. The Morgan fingerprint density at radius 1 is 0.423 bits per heavy atom. The van der Waals surface area contributed by atoms with Gasteiger partial charge in [-0.2, -0.15) is 0 Å². The van der Waals surface area contributed by atoms with Crippen LogP contribution >= 0.6 is 0 Å². The molecule has 0 saturated carbocycles. The normalized spacial score (nSPS) is 12.5. The molecular formula is C50H33NO. The first kappa shape index (κ1) is 26.0. The summed E-state index contributed by atoms with van der Waals surface area (Å²) in [5.74, 6) is 0. The summed E-state index contributed by atoms with van der Waals surface area (Å²) in [6.45, 7) is 0. The fourth-order valence-electron chi connectivity index (χ4n) is 7.45. The van der Waals surface area contributed by atoms with Crippen LogP contribution in [0, 0.1) is 0 Å². The number of nitrogens with zero attached hydrogens (tertiary/aromatic N) is 1. The second-order valence-corrected chi connectivity index (χ2v) is 13.0. The molecule has 0 saturated heterocycles. The number of benzene rings is 9. The molecule has 2 heteroatoms. The van der Waals surface area contributed by atoms with Crippen molar-refractivity contribution in [3.8, 4) is 33.4 Å². The van der Waals surface area contributed by atoms with Gasteiger partial charge in [0.05, 0.1) is 22.2 Å². The van der Waals surface area contributed by atoms with E-state index < -0.39 is 0 Å². The number of anilines is 3. The third-order valence-corrected chi connectivity index (χ3v) is 9.96. The van der Waals surface area contributed by atoms with Gasteiger partial charge in [-0.1, -0.05) is 152 Å². The number of furan rings is 1. The Kier molecular flexibility index (Phi) is 6.22. The molecule has 0 aliphatic heterocycles. The van der Waals surface area contributed by atoms with E-state index in [9.17, 15) is 2.74 Å². The Bertz CT molecular complexity index is 3140. The lowest BCUT2D eigenvalue weighted by molar-refractivity contribution is 0.672. The minimum atomic E-state index is -0.299. The van der Waals surface area contributed by atoms with E-state index in [-0.39, 0.29) is 24.2 Å². The van der Waals surface area contributed by atoms with Crippen molar-refractivity contribution in [2.75, 3.05) is 4.90 Å². The molecule has 52 heavy (non-hydrogen) atoms. The third-order valence-electron chi connectivity index (χ3n) is 9.96. The summed E-state index contributed by atoms with van der Waals surface area (Å²) in [6, 6.07) is 58.6. The van der Waals surface area contributed by atoms with Crippen molar-refractivity contribution in [1.29, 1.82) is 0 Å². The van der Waals surface area contributed by atoms with Crippen LogP contribution in [0.15, 0.2) is 205 Å². The summed E-state index contributed by atoms with van der Waals surface area (Å²) in [7, 11) is 0. The number of fused-ring (bicyclic) bond motifs is 6. The molecule has 2 nitrogen and oxygen atoms in total.